The molecule has 10 atom stereocenters. The number of rotatable bonds is 5. The molecule has 4 rings (SSSR count). The molecule has 0 amide bonds. The molecule has 2 heteroatoms. The lowest BCUT2D eigenvalue weighted by atomic mass is 9.44. The Bertz CT molecular complexity index is 573. The van der Waals surface area contributed by atoms with E-state index in [2.05, 4.69) is 34.6 Å². The molecule has 0 aliphatic heterocycles. The number of fused-ring (bicyclic) bond motifs is 5. The first-order chi connectivity index (χ1) is 13.7. The molecule has 0 saturated heterocycles. The Morgan fingerprint density at radius 2 is 1.59 bits per heavy atom. The van der Waals surface area contributed by atoms with E-state index in [1.807, 2.05) is 0 Å². The molecule has 29 heavy (non-hydrogen) atoms. The fourth-order valence-corrected chi connectivity index (χ4v) is 9.28. The lowest BCUT2D eigenvalue weighted by Gasteiger charge is -2.61. The summed E-state index contributed by atoms with van der Waals surface area (Å²) in [6.45, 7) is 12.3. The maximum atomic E-state index is 11.3. The molecule has 2 nitrogen and oxygen atoms in total. The van der Waals surface area contributed by atoms with E-state index in [1.165, 1.54) is 51.4 Å². The molecule has 4 aliphatic carbocycles. The monoisotopic (exact) mass is 404 g/mol. The lowest BCUT2D eigenvalue weighted by Crippen LogP contribution is -2.55. The predicted octanol–water partition coefficient (Wildman–Crippen LogP) is 6.44. The number of aliphatic hydroxyl groups excluding tert-OH is 2. The van der Waals surface area contributed by atoms with Crippen molar-refractivity contribution < 1.29 is 10.2 Å². The summed E-state index contributed by atoms with van der Waals surface area (Å²) in [5.74, 6) is 4.97. The van der Waals surface area contributed by atoms with Gasteiger partial charge in [-0.05, 0) is 104 Å². The van der Waals surface area contributed by atoms with Crippen LogP contribution in [0.5, 0.6) is 0 Å². The Labute approximate surface area is 180 Å². The van der Waals surface area contributed by atoms with E-state index in [0.29, 0.717) is 34.5 Å². The minimum absolute atomic E-state index is 0.0633. The van der Waals surface area contributed by atoms with Crippen LogP contribution in [0.2, 0.25) is 0 Å². The Morgan fingerprint density at radius 3 is 2.31 bits per heavy atom. The molecule has 0 heterocycles. The molecule has 4 saturated carbocycles. The van der Waals surface area contributed by atoms with Gasteiger partial charge in [0.15, 0.2) is 0 Å². The van der Waals surface area contributed by atoms with Crippen LogP contribution < -0.4 is 0 Å². The Balaban J connectivity index is 1.51. The van der Waals surface area contributed by atoms with Crippen molar-refractivity contribution in [2.75, 3.05) is 0 Å². The van der Waals surface area contributed by atoms with E-state index in [-0.39, 0.29) is 12.2 Å². The zero-order valence-electron chi connectivity index (χ0n) is 19.9. The van der Waals surface area contributed by atoms with E-state index in [4.69, 9.17) is 0 Å². The molecule has 4 fully saturated rings. The Kier molecular flexibility index (Phi) is 6.19. The van der Waals surface area contributed by atoms with Crippen molar-refractivity contribution in [2.24, 2.45) is 52.3 Å². The van der Waals surface area contributed by atoms with Gasteiger partial charge in [0.1, 0.15) is 0 Å². The molecule has 0 aromatic rings. The molecule has 4 aliphatic rings. The van der Waals surface area contributed by atoms with Crippen molar-refractivity contribution in [1.82, 2.24) is 0 Å². The molecule has 0 aromatic carbocycles. The Morgan fingerprint density at radius 1 is 0.862 bits per heavy atom. The van der Waals surface area contributed by atoms with Gasteiger partial charge >= 0.3 is 0 Å². The zero-order valence-corrected chi connectivity index (χ0v) is 19.9. The summed E-state index contributed by atoms with van der Waals surface area (Å²) in [4.78, 5) is 0. The molecule has 0 aromatic heterocycles. The quantitative estimate of drug-likeness (QED) is 0.553. The van der Waals surface area contributed by atoms with Crippen LogP contribution in [0.3, 0.4) is 0 Å². The van der Waals surface area contributed by atoms with Crippen LogP contribution in [-0.4, -0.2) is 22.4 Å². The van der Waals surface area contributed by atoms with Crippen LogP contribution in [0.15, 0.2) is 0 Å². The number of hydrogen-bond acceptors (Lipinski definition) is 2. The topological polar surface area (TPSA) is 40.5 Å². The third-order valence-corrected chi connectivity index (χ3v) is 10.8. The first kappa shape index (κ1) is 22.1. The minimum Gasteiger partial charge on any atom is -0.393 e. The van der Waals surface area contributed by atoms with Gasteiger partial charge in [-0.2, -0.15) is 0 Å². The van der Waals surface area contributed by atoms with Crippen LogP contribution in [0.1, 0.15) is 105 Å². The summed E-state index contributed by atoms with van der Waals surface area (Å²) in [5.41, 5.74) is 0.749. The maximum Gasteiger partial charge on any atom is 0.0579 e. The van der Waals surface area contributed by atoms with E-state index >= 15 is 0 Å². The third kappa shape index (κ3) is 3.73. The SMILES string of the molecule is CC(C)CCC[C@@H](C)[C@H]1C[C@@H](O)[C@H]2[C@@H]3CC[C@H]4C[C@@H](O)CC[C@@]4(C)[C@H]3CC[C@]21C. The van der Waals surface area contributed by atoms with Crippen molar-refractivity contribution in [2.45, 2.75) is 117 Å². The van der Waals surface area contributed by atoms with Crippen LogP contribution in [-0.2, 0) is 0 Å². The van der Waals surface area contributed by atoms with Gasteiger partial charge in [-0.1, -0.05) is 53.9 Å². The van der Waals surface area contributed by atoms with E-state index in [9.17, 15) is 10.2 Å². The fourth-order valence-electron chi connectivity index (χ4n) is 9.28. The second-order valence-corrected chi connectivity index (χ2v) is 12.8. The molecule has 0 spiro atoms. The van der Waals surface area contributed by atoms with Gasteiger partial charge in [-0.3, -0.25) is 0 Å². The normalized spacial score (nSPS) is 50.7. The number of hydrogen-bond donors (Lipinski definition) is 2. The highest BCUT2D eigenvalue weighted by Gasteiger charge is 2.63. The highest BCUT2D eigenvalue weighted by Crippen LogP contribution is 2.68. The van der Waals surface area contributed by atoms with Crippen LogP contribution >= 0.6 is 0 Å². The molecular formula is C27H48O2. The summed E-state index contributed by atoms with van der Waals surface area (Å²) >= 11 is 0. The van der Waals surface area contributed by atoms with Crippen molar-refractivity contribution in [3.8, 4) is 0 Å². The summed E-state index contributed by atoms with van der Waals surface area (Å²) in [5, 5.41) is 21.6. The highest BCUT2D eigenvalue weighted by atomic mass is 16.3. The van der Waals surface area contributed by atoms with E-state index < -0.39 is 0 Å². The lowest BCUT2D eigenvalue weighted by molar-refractivity contribution is -0.142. The fraction of sp³-hybridized carbons (Fsp3) is 1.00. The minimum atomic E-state index is -0.0836. The smallest absolute Gasteiger partial charge is 0.0579 e. The molecule has 0 bridgehead atoms. The van der Waals surface area contributed by atoms with Crippen LogP contribution in [0.25, 0.3) is 0 Å². The van der Waals surface area contributed by atoms with Gasteiger partial charge in [-0.15, -0.1) is 0 Å². The van der Waals surface area contributed by atoms with Gasteiger partial charge in [-0.25, -0.2) is 0 Å². The summed E-state index contributed by atoms with van der Waals surface area (Å²) < 4.78 is 0. The summed E-state index contributed by atoms with van der Waals surface area (Å²) in [6.07, 6.45) is 13.4. The maximum absolute atomic E-state index is 11.3. The van der Waals surface area contributed by atoms with Gasteiger partial charge in [0.05, 0.1) is 12.2 Å². The van der Waals surface area contributed by atoms with Crippen molar-refractivity contribution in [1.29, 1.82) is 0 Å². The molecule has 2 N–H and O–H groups in total. The van der Waals surface area contributed by atoms with Gasteiger partial charge in [0, 0.05) is 0 Å². The standard InChI is InChI=1S/C27H48O2/c1-17(2)7-6-8-18(3)23-16-24(29)25-21-10-9-19-15-20(28)11-13-26(19,4)22(21)12-14-27(23,25)5/h17-25,28-29H,6-16H2,1-5H3/t18-,19+,20+,21-,22+,23-,24-,25-,26-,27+/m1/s1. The highest BCUT2D eigenvalue weighted by molar-refractivity contribution is 5.12. The second kappa shape index (κ2) is 8.12. The summed E-state index contributed by atoms with van der Waals surface area (Å²) in [6, 6.07) is 0. The molecule has 0 radical (unpaired) electrons. The second-order valence-electron chi connectivity index (χ2n) is 12.8. The average Bonchev–Trinajstić information content (AvgIpc) is 2.93. The van der Waals surface area contributed by atoms with Crippen molar-refractivity contribution in [3.05, 3.63) is 0 Å². The van der Waals surface area contributed by atoms with Gasteiger partial charge < -0.3 is 10.2 Å². The predicted molar refractivity (Wildman–Crippen MR) is 120 cm³/mol. The number of aliphatic hydroxyl groups is 2. The average molecular weight is 405 g/mol. The molecule has 168 valence electrons. The van der Waals surface area contributed by atoms with Crippen LogP contribution in [0.4, 0.5) is 0 Å². The molecule has 0 unspecified atom stereocenters. The Hall–Kier alpha value is -0.0800. The van der Waals surface area contributed by atoms with E-state index in [0.717, 1.165) is 37.0 Å². The van der Waals surface area contributed by atoms with E-state index in [1.54, 1.807) is 0 Å². The van der Waals surface area contributed by atoms with Crippen molar-refractivity contribution in [3.63, 3.8) is 0 Å². The van der Waals surface area contributed by atoms with Crippen molar-refractivity contribution >= 4 is 0 Å². The molecular weight excluding hydrogens is 356 g/mol. The van der Waals surface area contributed by atoms with Gasteiger partial charge in [0.2, 0.25) is 0 Å². The first-order valence-electron chi connectivity index (χ1n) is 13.0. The summed E-state index contributed by atoms with van der Waals surface area (Å²) in [7, 11) is 0. The largest absolute Gasteiger partial charge is 0.393 e. The van der Waals surface area contributed by atoms with Crippen LogP contribution in [0, 0.1) is 52.3 Å². The third-order valence-electron chi connectivity index (χ3n) is 10.8. The first-order valence-corrected chi connectivity index (χ1v) is 13.0. The zero-order chi connectivity index (χ0) is 21.0. The van der Waals surface area contributed by atoms with Gasteiger partial charge in [0.25, 0.3) is 0 Å².